The maximum absolute atomic E-state index is 4.32. The lowest BCUT2D eigenvalue weighted by molar-refractivity contribution is 0.850. The molecular weight excluding hydrogens is 246 g/mol. The first-order chi connectivity index (χ1) is 8.74. The monoisotopic (exact) mass is 259 g/mol. The van der Waals surface area contributed by atoms with Crippen molar-refractivity contribution >= 4 is 22.9 Å². The molecule has 1 atom stereocenters. The van der Waals surface area contributed by atoms with Crippen molar-refractivity contribution < 1.29 is 0 Å². The van der Waals surface area contributed by atoms with Crippen LogP contribution in [0.3, 0.4) is 0 Å². The van der Waals surface area contributed by atoms with Crippen LogP contribution in [-0.4, -0.2) is 19.6 Å². The molecule has 6 heteroatoms. The van der Waals surface area contributed by atoms with Crippen molar-refractivity contribution in [3.8, 4) is 0 Å². The Kier molecular flexibility index (Phi) is 2.71. The van der Waals surface area contributed by atoms with Gasteiger partial charge in [-0.3, -0.25) is 0 Å². The van der Waals surface area contributed by atoms with Crippen molar-refractivity contribution in [3.63, 3.8) is 0 Å². The predicted octanol–water partition coefficient (Wildman–Crippen LogP) is 2.67. The number of anilines is 1. The molecule has 3 rings (SSSR count). The summed E-state index contributed by atoms with van der Waals surface area (Å²) in [5.74, 6) is 1.53. The number of hydrogen-bond acceptors (Lipinski definition) is 5. The van der Waals surface area contributed by atoms with Crippen molar-refractivity contribution in [1.82, 2.24) is 19.6 Å². The molecule has 18 heavy (non-hydrogen) atoms. The van der Waals surface area contributed by atoms with Gasteiger partial charge in [0.15, 0.2) is 0 Å². The van der Waals surface area contributed by atoms with E-state index in [1.54, 1.807) is 15.9 Å². The summed E-state index contributed by atoms with van der Waals surface area (Å²) >= 11 is 1.74. The van der Waals surface area contributed by atoms with Gasteiger partial charge in [-0.1, -0.05) is 6.07 Å². The maximum atomic E-state index is 4.32. The molecule has 0 spiro atoms. The van der Waals surface area contributed by atoms with Crippen LogP contribution in [0.2, 0.25) is 0 Å². The van der Waals surface area contributed by atoms with Crippen LogP contribution >= 0.6 is 11.3 Å². The lowest BCUT2D eigenvalue weighted by Crippen LogP contribution is -2.10. The second-order valence-corrected chi connectivity index (χ2v) is 5.12. The molecule has 0 amide bonds. The molecule has 0 aromatic carbocycles. The van der Waals surface area contributed by atoms with Crippen molar-refractivity contribution in [2.45, 2.75) is 19.9 Å². The van der Waals surface area contributed by atoms with E-state index >= 15 is 0 Å². The minimum Gasteiger partial charge on any atom is -0.363 e. The molecule has 1 N–H and O–H groups in total. The Morgan fingerprint density at radius 2 is 2.33 bits per heavy atom. The predicted molar refractivity (Wildman–Crippen MR) is 71.9 cm³/mol. The number of aryl methyl sites for hydroxylation is 1. The van der Waals surface area contributed by atoms with Crippen molar-refractivity contribution in [2.24, 2.45) is 0 Å². The summed E-state index contributed by atoms with van der Waals surface area (Å²) in [6, 6.07) is 6.39. The number of rotatable bonds is 3. The molecule has 0 saturated carbocycles. The smallest absolute Gasteiger partial charge is 0.254 e. The molecule has 5 nitrogen and oxygen atoms in total. The maximum Gasteiger partial charge on any atom is 0.254 e. The molecule has 0 bridgehead atoms. The fourth-order valence-electron chi connectivity index (χ4n) is 1.86. The normalized spacial score (nSPS) is 12.8. The van der Waals surface area contributed by atoms with Gasteiger partial charge in [0.2, 0.25) is 0 Å². The number of hydrogen-bond donors (Lipinski definition) is 1. The number of nitrogens with one attached hydrogen (secondary N) is 1. The van der Waals surface area contributed by atoms with Crippen LogP contribution in [0.15, 0.2) is 29.9 Å². The highest BCUT2D eigenvalue weighted by atomic mass is 32.1. The largest absolute Gasteiger partial charge is 0.363 e. The average molecular weight is 259 g/mol. The summed E-state index contributed by atoms with van der Waals surface area (Å²) in [5.41, 5.74) is 0.927. The highest BCUT2D eigenvalue weighted by Crippen LogP contribution is 2.23. The molecular formula is C12H13N5S. The van der Waals surface area contributed by atoms with E-state index in [2.05, 4.69) is 44.8 Å². The van der Waals surface area contributed by atoms with Crippen LogP contribution in [-0.2, 0) is 0 Å². The zero-order chi connectivity index (χ0) is 12.5. The molecule has 3 aromatic heterocycles. The molecule has 0 unspecified atom stereocenters. The number of aromatic nitrogens is 4. The molecule has 92 valence electrons. The molecule has 3 heterocycles. The van der Waals surface area contributed by atoms with Gasteiger partial charge in [0.1, 0.15) is 12.1 Å². The zero-order valence-electron chi connectivity index (χ0n) is 10.2. The van der Waals surface area contributed by atoms with E-state index in [1.165, 1.54) is 11.2 Å². The van der Waals surface area contributed by atoms with Crippen molar-refractivity contribution in [2.75, 3.05) is 5.32 Å². The second kappa shape index (κ2) is 4.38. The standard InChI is InChI=1S/C12H13N5S/c1-8-6-11(17-12(15-8)13-7-14-17)16-9(2)10-4-3-5-18-10/h3-7,9,16H,1-2H3/t9-/m0/s1. The molecule has 0 aliphatic heterocycles. The molecule has 0 aliphatic rings. The topological polar surface area (TPSA) is 55.1 Å². The van der Waals surface area contributed by atoms with Crippen LogP contribution in [0.5, 0.6) is 0 Å². The Morgan fingerprint density at radius 3 is 3.11 bits per heavy atom. The Balaban J connectivity index is 1.97. The van der Waals surface area contributed by atoms with Gasteiger partial charge >= 0.3 is 0 Å². The highest BCUT2D eigenvalue weighted by Gasteiger charge is 2.10. The van der Waals surface area contributed by atoms with E-state index < -0.39 is 0 Å². The van der Waals surface area contributed by atoms with Gasteiger partial charge in [-0.05, 0) is 25.3 Å². The Hall–Kier alpha value is -1.95. The van der Waals surface area contributed by atoms with Crippen LogP contribution in [0, 0.1) is 6.92 Å². The fraction of sp³-hybridized carbons (Fsp3) is 0.250. The summed E-state index contributed by atoms with van der Waals surface area (Å²) in [6.45, 7) is 4.08. The van der Waals surface area contributed by atoms with Gasteiger partial charge in [-0.25, -0.2) is 4.98 Å². The van der Waals surface area contributed by atoms with E-state index in [0.717, 1.165) is 11.5 Å². The molecule has 0 fully saturated rings. The first kappa shape index (κ1) is 11.2. The third kappa shape index (κ3) is 1.95. The Bertz CT molecular complexity index is 658. The van der Waals surface area contributed by atoms with Gasteiger partial charge < -0.3 is 5.32 Å². The van der Waals surface area contributed by atoms with Crippen LogP contribution < -0.4 is 5.32 Å². The highest BCUT2D eigenvalue weighted by molar-refractivity contribution is 7.10. The van der Waals surface area contributed by atoms with E-state index in [9.17, 15) is 0 Å². The van der Waals surface area contributed by atoms with Crippen molar-refractivity contribution in [1.29, 1.82) is 0 Å². The third-order valence-corrected chi connectivity index (χ3v) is 3.77. The SMILES string of the molecule is Cc1cc(N[C@@H](C)c2cccs2)n2ncnc2n1. The van der Waals surface area contributed by atoms with Gasteiger partial charge in [0, 0.05) is 16.6 Å². The minimum atomic E-state index is 0.235. The lowest BCUT2D eigenvalue weighted by atomic mass is 10.2. The third-order valence-electron chi connectivity index (χ3n) is 2.71. The van der Waals surface area contributed by atoms with Gasteiger partial charge in [0.05, 0.1) is 6.04 Å². The van der Waals surface area contributed by atoms with Crippen LogP contribution in [0.4, 0.5) is 5.82 Å². The molecule has 0 radical (unpaired) electrons. The number of thiophene rings is 1. The van der Waals surface area contributed by atoms with E-state index in [4.69, 9.17) is 0 Å². The van der Waals surface area contributed by atoms with Gasteiger partial charge in [-0.2, -0.15) is 14.6 Å². The molecule has 0 saturated heterocycles. The summed E-state index contributed by atoms with van der Waals surface area (Å²) in [4.78, 5) is 9.72. The van der Waals surface area contributed by atoms with Crippen LogP contribution in [0.1, 0.15) is 23.5 Å². The minimum absolute atomic E-state index is 0.235. The van der Waals surface area contributed by atoms with Crippen LogP contribution in [0.25, 0.3) is 5.78 Å². The molecule has 3 aromatic rings. The van der Waals surface area contributed by atoms with Gasteiger partial charge in [0.25, 0.3) is 5.78 Å². The fourth-order valence-corrected chi connectivity index (χ4v) is 2.60. The first-order valence-electron chi connectivity index (χ1n) is 5.71. The quantitative estimate of drug-likeness (QED) is 0.785. The summed E-state index contributed by atoms with van der Waals surface area (Å²) < 4.78 is 1.72. The van der Waals surface area contributed by atoms with E-state index in [-0.39, 0.29) is 6.04 Å². The lowest BCUT2D eigenvalue weighted by Gasteiger charge is -2.14. The van der Waals surface area contributed by atoms with E-state index in [1.807, 2.05) is 13.0 Å². The Labute approximate surface area is 109 Å². The zero-order valence-corrected chi connectivity index (χ0v) is 11.0. The number of fused-ring (bicyclic) bond motifs is 1. The average Bonchev–Trinajstić information content (AvgIpc) is 2.98. The first-order valence-corrected chi connectivity index (χ1v) is 6.59. The second-order valence-electron chi connectivity index (χ2n) is 4.14. The van der Waals surface area contributed by atoms with Crippen molar-refractivity contribution in [3.05, 3.63) is 40.5 Å². The molecule has 0 aliphatic carbocycles. The Morgan fingerprint density at radius 1 is 1.44 bits per heavy atom. The number of nitrogens with zero attached hydrogens (tertiary/aromatic N) is 4. The van der Waals surface area contributed by atoms with Gasteiger partial charge in [-0.15, -0.1) is 11.3 Å². The summed E-state index contributed by atoms with van der Waals surface area (Å²) in [5, 5.41) is 9.70. The summed E-state index contributed by atoms with van der Waals surface area (Å²) in [6.07, 6.45) is 1.52. The van der Waals surface area contributed by atoms with E-state index in [0.29, 0.717) is 5.78 Å². The summed E-state index contributed by atoms with van der Waals surface area (Å²) in [7, 11) is 0.